The van der Waals surface area contributed by atoms with Crippen LogP contribution in [0.3, 0.4) is 0 Å². The molecule has 0 heterocycles. The van der Waals surface area contributed by atoms with Crippen LogP contribution >= 0.6 is 27.5 Å². The van der Waals surface area contributed by atoms with Crippen LogP contribution in [0, 0.1) is 0 Å². The largest absolute Gasteiger partial charge is 0.0843 e. The zero-order chi connectivity index (χ0) is 13.9. The summed E-state index contributed by atoms with van der Waals surface area (Å²) >= 11 is 9.71. The molecule has 3 aromatic rings. The summed E-state index contributed by atoms with van der Waals surface area (Å²) in [6.07, 6.45) is 0. The predicted molar refractivity (Wildman–Crippen MR) is 90.0 cm³/mol. The van der Waals surface area contributed by atoms with Crippen molar-refractivity contribution >= 4 is 27.5 Å². The topological polar surface area (TPSA) is 0 Å². The lowest BCUT2D eigenvalue weighted by molar-refractivity contribution is 1.56. The summed E-state index contributed by atoms with van der Waals surface area (Å²) in [6, 6.07) is 24.7. The standard InChI is InChI=1S/C18H12BrCl/c19-18-10-9-14(13-5-2-1-3-6-13)12-17(18)15-7-4-8-16(20)11-15/h1-12H. The molecule has 0 radical (unpaired) electrons. The molecule has 0 aliphatic carbocycles. The molecule has 98 valence electrons. The maximum atomic E-state index is 6.09. The van der Waals surface area contributed by atoms with Gasteiger partial charge in [-0.15, -0.1) is 0 Å². The van der Waals surface area contributed by atoms with E-state index in [0.717, 1.165) is 20.6 Å². The fourth-order valence-electron chi connectivity index (χ4n) is 2.21. The van der Waals surface area contributed by atoms with E-state index in [-0.39, 0.29) is 0 Å². The zero-order valence-corrected chi connectivity index (χ0v) is 13.0. The fraction of sp³-hybridized carbons (Fsp3) is 0. The highest BCUT2D eigenvalue weighted by molar-refractivity contribution is 9.10. The van der Waals surface area contributed by atoms with Gasteiger partial charge in [0.1, 0.15) is 0 Å². The van der Waals surface area contributed by atoms with Gasteiger partial charge in [-0.05, 0) is 46.5 Å². The second kappa shape index (κ2) is 5.82. The fourth-order valence-corrected chi connectivity index (χ4v) is 2.88. The van der Waals surface area contributed by atoms with E-state index in [0.29, 0.717) is 0 Å². The highest BCUT2D eigenvalue weighted by Crippen LogP contribution is 2.33. The average molecular weight is 344 g/mol. The molecule has 0 bridgehead atoms. The second-order valence-corrected chi connectivity index (χ2v) is 5.86. The molecule has 0 aromatic heterocycles. The zero-order valence-electron chi connectivity index (χ0n) is 10.7. The molecular formula is C18H12BrCl. The Morgan fingerprint density at radius 2 is 1.40 bits per heavy atom. The summed E-state index contributed by atoms with van der Waals surface area (Å²) in [5, 5.41) is 0.750. The third-order valence-corrected chi connectivity index (χ3v) is 4.14. The first kappa shape index (κ1) is 13.4. The Labute approximate surface area is 132 Å². The van der Waals surface area contributed by atoms with Gasteiger partial charge in [0.25, 0.3) is 0 Å². The first-order chi connectivity index (χ1) is 9.74. The van der Waals surface area contributed by atoms with Crippen LogP contribution in [0.1, 0.15) is 0 Å². The summed E-state index contributed by atoms with van der Waals surface area (Å²) < 4.78 is 1.07. The van der Waals surface area contributed by atoms with Crippen LogP contribution < -0.4 is 0 Å². The van der Waals surface area contributed by atoms with Gasteiger partial charge < -0.3 is 0 Å². The van der Waals surface area contributed by atoms with Crippen molar-refractivity contribution in [2.75, 3.05) is 0 Å². The molecule has 0 unspecified atom stereocenters. The highest BCUT2D eigenvalue weighted by atomic mass is 79.9. The van der Waals surface area contributed by atoms with Gasteiger partial charge in [-0.3, -0.25) is 0 Å². The van der Waals surface area contributed by atoms with Gasteiger partial charge >= 0.3 is 0 Å². The summed E-state index contributed by atoms with van der Waals surface area (Å²) in [5.74, 6) is 0. The number of hydrogen-bond donors (Lipinski definition) is 0. The highest BCUT2D eigenvalue weighted by Gasteiger charge is 2.06. The van der Waals surface area contributed by atoms with Crippen molar-refractivity contribution in [3.05, 3.63) is 82.3 Å². The number of rotatable bonds is 2. The lowest BCUT2D eigenvalue weighted by Crippen LogP contribution is -1.83. The van der Waals surface area contributed by atoms with E-state index in [4.69, 9.17) is 11.6 Å². The van der Waals surface area contributed by atoms with E-state index in [1.54, 1.807) is 0 Å². The number of benzene rings is 3. The Morgan fingerprint density at radius 3 is 2.15 bits per heavy atom. The van der Waals surface area contributed by atoms with Crippen molar-refractivity contribution in [2.24, 2.45) is 0 Å². The van der Waals surface area contributed by atoms with Crippen molar-refractivity contribution in [1.29, 1.82) is 0 Å². The van der Waals surface area contributed by atoms with E-state index in [9.17, 15) is 0 Å². The minimum Gasteiger partial charge on any atom is -0.0843 e. The minimum atomic E-state index is 0.750. The van der Waals surface area contributed by atoms with E-state index < -0.39 is 0 Å². The van der Waals surface area contributed by atoms with Gasteiger partial charge in [0, 0.05) is 9.50 Å². The van der Waals surface area contributed by atoms with E-state index >= 15 is 0 Å². The lowest BCUT2D eigenvalue weighted by Gasteiger charge is -2.09. The third kappa shape index (κ3) is 2.79. The Balaban J connectivity index is 2.12. The van der Waals surface area contributed by atoms with Crippen molar-refractivity contribution in [2.45, 2.75) is 0 Å². The molecule has 20 heavy (non-hydrogen) atoms. The van der Waals surface area contributed by atoms with Gasteiger partial charge in [0.15, 0.2) is 0 Å². The number of hydrogen-bond acceptors (Lipinski definition) is 0. The average Bonchev–Trinajstić information content (AvgIpc) is 2.48. The molecule has 3 rings (SSSR count). The summed E-state index contributed by atoms with van der Waals surface area (Å²) in [4.78, 5) is 0. The van der Waals surface area contributed by atoms with Crippen molar-refractivity contribution in [1.82, 2.24) is 0 Å². The Bertz CT molecular complexity index is 735. The lowest BCUT2D eigenvalue weighted by atomic mass is 9.99. The van der Waals surface area contributed by atoms with Gasteiger partial charge in [0.2, 0.25) is 0 Å². The molecular weight excluding hydrogens is 332 g/mol. The normalized spacial score (nSPS) is 10.5. The first-order valence-corrected chi connectivity index (χ1v) is 7.52. The minimum absolute atomic E-state index is 0.750. The van der Waals surface area contributed by atoms with E-state index in [1.807, 2.05) is 24.3 Å². The summed E-state index contributed by atoms with van der Waals surface area (Å²) in [7, 11) is 0. The van der Waals surface area contributed by atoms with Crippen LogP contribution in [0.5, 0.6) is 0 Å². The molecule has 0 atom stereocenters. The van der Waals surface area contributed by atoms with Gasteiger partial charge in [-0.2, -0.15) is 0 Å². The molecule has 0 amide bonds. The van der Waals surface area contributed by atoms with Gasteiger partial charge in [0.05, 0.1) is 0 Å². The van der Waals surface area contributed by atoms with Crippen LogP contribution in [0.25, 0.3) is 22.3 Å². The smallest absolute Gasteiger partial charge is 0.0412 e. The Hall–Kier alpha value is -1.57. The molecule has 0 saturated heterocycles. The molecule has 3 aromatic carbocycles. The maximum Gasteiger partial charge on any atom is 0.0412 e. The molecule has 0 fully saturated rings. The Morgan fingerprint density at radius 1 is 0.650 bits per heavy atom. The maximum absolute atomic E-state index is 6.09. The van der Waals surface area contributed by atoms with Crippen LogP contribution in [0.15, 0.2) is 77.3 Å². The van der Waals surface area contributed by atoms with Crippen LogP contribution in [-0.2, 0) is 0 Å². The van der Waals surface area contributed by atoms with Gasteiger partial charge in [-0.1, -0.05) is 76.1 Å². The first-order valence-electron chi connectivity index (χ1n) is 6.35. The molecule has 0 saturated carbocycles. The second-order valence-electron chi connectivity index (χ2n) is 4.57. The summed E-state index contributed by atoms with van der Waals surface area (Å²) in [6.45, 7) is 0. The van der Waals surface area contributed by atoms with Crippen LogP contribution in [-0.4, -0.2) is 0 Å². The quantitative estimate of drug-likeness (QED) is 0.502. The molecule has 2 heteroatoms. The van der Waals surface area contributed by atoms with Crippen molar-refractivity contribution in [3.63, 3.8) is 0 Å². The van der Waals surface area contributed by atoms with E-state index in [2.05, 4.69) is 64.5 Å². The number of halogens is 2. The SMILES string of the molecule is Clc1cccc(-c2cc(-c3ccccc3)ccc2Br)c1. The summed E-state index contributed by atoms with van der Waals surface area (Å²) in [5.41, 5.74) is 4.67. The van der Waals surface area contributed by atoms with Crippen LogP contribution in [0.4, 0.5) is 0 Å². The predicted octanol–water partition coefficient (Wildman–Crippen LogP) is 6.44. The molecule has 0 N–H and O–H groups in total. The van der Waals surface area contributed by atoms with Crippen molar-refractivity contribution < 1.29 is 0 Å². The van der Waals surface area contributed by atoms with Crippen molar-refractivity contribution in [3.8, 4) is 22.3 Å². The van der Waals surface area contributed by atoms with Gasteiger partial charge in [-0.25, -0.2) is 0 Å². The third-order valence-electron chi connectivity index (χ3n) is 3.21. The van der Waals surface area contributed by atoms with Crippen LogP contribution in [0.2, 0.25) is 5.02 Å². The molecule has 0 spiro atoms. The monoisotopic (exact) mass is 342 g/mol. The Kier molecular flexibility index (Phi) is 3.90. The molecule has 0 aliphatic heterocycles. The molecule has 0 aliphatic rings. The molecule has 0 nitrogen and oxygen atoms in total. The van der Waals surface area contributed by atoms with E-state index in [1.165, 1.54) is 11.1 Å².